The number of methoxy groups -OCH3 is 1. The lowest BCUT2D eigenvalue weighted by molar-refractivity contribution is 0.0600. The maximum absolute atomic E-state index is 11.8. The van der Waals surface area contributed by atoms with E-state index < -0.39 is 5.97 Å². The van der Waals surface area contributed by atoms with Crippen molar-refractivity contribution in [1.82, 2.24) is 9.80 Å². The standard InChI is InChI=1S/C14H18N2O4S2/c1-15(2)13(18)21-10-6-9(12(17)20-5)7-11(8-10)22-14(19)16(3)4/h6-8H,1-5H3. The lowest BCUT2D eigenvalue weighted by Gasteiger charge is -2.12. The molecule has 0 bridgehead atoms. The summed E-state index contributed by atoms with van der Waals surface area (Å²) in [5.41, 5.74) is 0.299. The molecule has 0 spiro atoms. The molecule has 1 aromatic carbocycles. The van der Waals surface area contributed by atoms with Crippen molar-refractivity contribution >= 4 is 40.0 Å². The summed E-state index contributed by atoms with van der Waals surface area (Å²) in [5.74, 6) is -0.515. The van der Waals surface area contributed by atoms with E-state index >= 15 is 0 Å². The number of carbonyl (C=O) groups excluding carboxylic acids is 3. The molecule has 0 atom stereocenters. The molecule has 0 saturated heterocycles. The molecular weight excluding hydrogens is 324 g/mol. The van der Waals surface area contributed by atoms with Crippen molar-refractivity contribution < 1.29 is 19.1 Å². The molecule has 0 aromatic heterocycles. The molecule has 8 heteroatoms. The molecule has 0 heterocycles. The normalized spacial score (nSPS) is 10.0. The van der Waals surface area contributed by atoms with Gasteiger partial charge in [0.15, 0.2) is 0 Å². The van der Waals surface area contributed by atoms with Crippen LogP contribution in [0.5, 0.6) is 0 Å². The predicted octanol–water partition coefficient (Wildman–Crippen LogP) is 3.02. The number of rotatable bonds is 3. The predicted molar refractivity (Wildman–Crippen MR) is 87.7 cm³/mol. The third-order valence-corrected chi connectivity index (χ3v) is 4.46. The highest BCUT2D eigenvalue weighted by Gasteiger charge is 2.15. The van der Waals surface area contributed by atoms with E-state index in [1.165, 1.54) is 16.9 Å². The van der Waals surface area contributed by atoms with Gasteiger partial charge in [-0.3, -0.25) is 9.59 Å². The summed E-state index contributed by atoms with van der Waals surface area (Å²) in [6.07, 6.45) is 0. The first-order valence-electron chi connectivity index (χ1n) is 6.26. The highest BCUT2D eigenvalue weighted by Crippen LogP contribution is 2.29. The lowest BCUT2D eigenvalue weighted by Crippen LogP contribution is -2.16. The Morgan fingerprint density at radius 3 is 1.59 bits per heavy atom. The maximum atomic E-state index is 11.8. The lowest BCUT2D eigenvalue weighted by atomic mass is 10.2. The van der Waals surface area contributed by atoms with Crippen LogP contribution in [0.25, 0.3) is 0 Å². The minimum atomic E-state index is -0.515. The minimum absolute atomic E-state index is 0.170. The number of ether oxygens (including phenoxy) is 1. The summed E-state index contributed by atoms with van der Waals surface area (Å²) in [7, 11) is 7.86. The van der Waals surface area contributed by atoms with Gasteiger partial charge in [-0.15, -0.1) is 0 Å². The minimum Gasteiger partial charge on any atom is -0.465 e. The molecule has 22 heavy (non-hydrogen) atoms. The van der Waals surface area contributed by atoms with Crippen molar-refractivity contribution in [1.29, 1.82) is 0 Å². The quantitative estimate of drug-likeness (QED) is 0.621. The first kappa shape index (κ1) is 18.4. The van der Waals surface area contributed by atoms with E-state index in [4.69, 9.17) is 4.74 Å². The van der Waals surface area contributed by atoms with Crippen molar-refractivity contribution in [3.05, 3.63) is 23.8 Å². The zero-order chi connectivity index (χ0) is 16.9. The smallest absolute Gasteiger partial charge is 0.337 e. The van der Waals surface area contributed by atoms with Gasteiger partial charge in [0.05, 0.1) is 12.7 Å². The number of hydrogen-bond acceptors (Lipinski definition) is 6. The third-order valence-electron chi connectivity index (χ3n) is 2.44. The summed E-state index contributed by atoms with van der Waals surface area (Å²) < 4.78 is 4.70. The van der Waals surface area contributed by atoms with Crippen LogP contribution in [0, 0.1) is 0 Å². The molecule has 0 unspecified atom stereocenters. The van der Waals surface area contributed by atoms with Gasteiger partial charge in [0, 0.05) is 38.0 Å². The van der Waals surface area contributed by atoms with Gasteiger partial charge in [0.1, 0.15) is 0 Å². The van der Waals surface area contributed by atoms with Crippen LogP contribution in [0.4, 0.5) is 9.59 Å². The van der Waals surface area contributed by atoms with Crippen molar-refractivity contribution in [3.8, 4) is 0 Å². The van der Waals surface area contributed by atoms with Gasteiger partial charge in [0.2, 0.25) is 0 Å². The Kier molecular flexibility index (Phi) is 6.76. The fourth-order valence-electron chi connectivity index (χ4n) is 1.31. The van der Waals surface area contributed by atoms with Crippen LogP contribution >= 0.6 is 23.5 Å². The molecule has 0 aliphatic carbocycles. The molecule has 0 fully saturated rings. The van der Waals surface area contributed by atoms with Crippen LogP contribution in [0.15, 0.2) is 28.0 Å². The van der Waals surface area contributed by atoms with E-state index in [9.17, 15) is 14.4 Å². The average molecular weight is 342 g/mol. The second-order valence-corrected chi connectivity index (χ2v) is 6.76. The van der Waals surface area contributed by atoms with Crippen molar-refractivity contribution in [2.24, 2.45) is 0 Å². The Balaban J connectivity index is 3.13. The third kappa shape index (κ3) is 5.27. The van der Waals surface area contributed by atoms with Gasteiger partial charge in [-0.1, -0.05) is 0 Å². The van der Waals surface area contributed by atoms with Crippen LogP contribution in [-0.2, 0) is 4.74 Å². The SMILES string of the molecule is COC(=O)c1cc(SC(=O)N(C)C)cc(SC(=O)N(C)C)c1. The first-order chi connectivity index (χ1) is 10.2. The van der Waals surface area contributed by atoms with Gasteiger partial charge < -0.3 is 14.5 Å². The number of nitrogens with zero attached hydrogens (tertiary/aromatic N) is 2. The summed E-state index contributed by atoms with van der Waals surface area (Å²) in [6, 6.07) is 4.84. The number of carbonyl (C=O) groups is 3. The second-order valence-electron chi connectivity index (χ2n) is 4.71. The van der Waals surface area contributed by atoms with Crippen LogP contribution in [-0.4, -0.2) is 61.5 Å². The Morgan fingerprint density at radius 1 is 0.864 bits per heavy atom. The van der Waals surface area contributed by atoms with Gasteiger partial charge in [-0.05, 0) is 41.7 Å². The van der Waals surface area contributed by atoms with Crippen molar-refractivity contribution in [2.45, 2.75) is 9.79 Å². The molecule has 0 aliphatic rings. The number of thioether (sulfide) groups is 2. The summed E-state index contributed by atoms with van der Waals surface area (Å²) in [4.78, 5) is 39.4. The zero-order valence-corrected chi connectivity index (χ0v) is 14.7. The Hall–Kier alpha value is -1.67. The molecule has 120 valence electrons. The highest BCUT2D eigenvalue weighted by atomic mass is 32.2. The van der Waals surface area contributed by atoms with E-state index in [0.29, 0.717) is 15.4 Å². The summed E-state index contributed by atoms with van der Waals surface area (Å²) in [6.45, 7) is 0. The molecule has 0 saturated carbocycles. The second kappa shape index (κ2) is 8.09. The van der Waals surface area contributed by atoms with E-state index in [1.54, 1.807) is 46.4 Å². The number of benzene rings is 1. The Bertz CT molecular complexity index is 548. The maximum Gasteiger partial charge on any atom is 0.337 e. The fourth-order valence-corrected chi connectivity index (χ4v) is 2.90. The van der Waals surface area contributed by atoms with E-state index in [1.807, 2.05) is 0 Å². The molecule has 0 radical (unpaired) electrons. The monoisotopic (exact) mass is 342 g/mol. The van der Waals surface area contributed by atoms with Crippen LogP contribution in [0.1, 0.15) is 10.4 Å². The van der Waals surface area contributed by atoms with E-state index in [-0.39, 0.29) is 10.5 Å². The van der Waals surface area contributed by atoms with E-state index in [2.05, 4.69) is 0 Å². The number of amides is 2. The molecule has 1 rings (SSSR count). The van der Waals surface area contributed by atoms with Crippen molar-refractivity contribution in [3.63, 3.8) is 0 Å². The zero-order valence-electron chi connectivity index (χ0n) is 13.1. The largest absolute Gasteiger partial charge is 0.465 e. The molecule has 6 nitrogen and oxygen atoms in total. The molecule has 1 aromatic rings. The molecule has 0 N–H and O–H groups in total. The first-order valence-corrected chi connectivity index (χ1v) is 7.89. The Labute approximate surface area is 138 Å². The van der Waals surface area contributed by atoms with E-state index in [0.717, 1.165) is 23.5 Å². The summed E-state index contributed by atoms with van der Waals surface area (Å²) >= 11 is 1.97. The molecule has 0 aliphatic heterocycles. The highest BCUT2D eigenvalue weighted by molar-refractivity contribution is 8.14. The molecular formula is C14H18N2O4S2. The van der Waals surface area contributed by atoms with Gasteiger partial charge >= 0.3 is 5.97 Å². The molecule has 2 amide bonds. The van der Waals surface area contributed by atoms with Crippen molar-refractivity contribution in [2.75, 3.05) is 35.3 Å². The van der Waals surface area contributed by atoms with Crippen LogP contribution in [0.2, 0.25) is 0 Å². The Morgan fingerprint density at radius 2 is 1.27 bits per heavy atom. The topological polar surface area (TPSA) is 66.9 Å². The summed E-state index contributed by atoms with van der Waals surface area (Å²) in [5, 5.41) is -0.339. The fraction of sp³-hybridized carbons (Fsp3) is 0.357. The van der Waals surface area contributed by atoms with Gasteiger partial charge in [-0.2, -0.15) is 0 Å². The number of esters is 1. The number of hydrogen-bond donors (Lipinski definition) is 0. The average Bonchev–Trinajstić information content (AvgIpc) is 2.45. The van der Waals surface area contributed by atoms with Gasteiger partial charge in [-0.25, -0.2) is 4.79 Å². The van der Waals surface area contributed by atoms with Gasteiger partial charge in [0.25, 0.3) is 10.5 Å². The van der Waals surface area contributed by atoms with Crippen LogP contribution in [0.3, 0.4) is 0 Å². The van der Waals surface area contributed by atoms with Crippen LogP contribution < -0.4 is 0 Å².